The maximum atomic E-state index is 13.3. The molecule has 1 aromatic heterocycles. The van der Waals surface area contributed by atoms with Gasteiger partial charge in [0, 0.05) is 17.3 Å². The Hall–Kier alpha value is -4.10. The molecule has 0 aliphatic carbocycles. The van der Waals surface area contributed by atoms with Crippen LogP contribution in [-0.4, -0.2) is 25.7 Å². The number of hydrogen-bond donors (Lipinski definition) is 3. The first kappa shape index (κ1) is 22.6. The minimum Gasteiger partial charge on any atom is -0.334 e. The third-order valence-electron chi connectivity index (χ3n) is 3.89. The van der Waals surface area contributed by atoms with Crippen LogP contribution in [0, 0.1) is 26.0 Å². The second kappa shape index (κ2) is 9.36. The molecule has 0 aliphatic rings. The molecule has 0 fully saturated rings. The van der Waals surface area contributed by atoms with E-state index in [1.165, 1.54) is 18.2 Å². The average Bonchev–Trinajstić information content (AvgIpc) is 2.74. The van der Waals surface area contributed by atoms with Crippen molar-refractivity contribution in [2.24, 2.45) is 0 Å². The molecule has 164 valence electrons. The number of nitrogens with one attached hydrogen (secondary N) is 3. The molecule has 0 spiro atoms. The number of carbonyl (C=O) groups is 1. The van der Waals surface area contributed by atoms with E-state index < -0.39 is 38.8 Å². The lowest BCUT2D eigenvalue weighted by Crippen LogP contribution is -2.30. The molecule has 0 saturated carbocycles. The van der Waals surface area contributed by atoms with Crippen molar-refractivity contribution >= 4 is 57.8 Å². The number of amides is 1. The van der Waals surface area contributed by atoms with E-state index in [0.29, 0.717) is 0 Å². The minimum atomic E-state index is -0.850. The van der Waals surface area contributed by atoms with E-state index in [9.17, 15) is 29.4 Å². The SMILES string of the molecule is O=C(NNc1ncnc(Nc2ccc(F)c(Cl)c2)c1[N+](=O)[O-])c1ccc(Cl)c([N+](=O)[O-])c1. The molecular formula is C17H10Cl2FN7O5. The highest BCUT2D eigenvalue weighted by atomic mass is 35.5. The number of halogens is 3. The first-order chi connectivity index (χ1) is 15.2. The summed E-state index contributed by atoms with van der Waals surface area (Å²) in [4.78, 5) is 40.8. The molecule has 1 heterocycles. The van der Waals surface area contributed by atoms with Gasteiger partial charge >= 0.3 is 5.69 Å². The van der Waals surface area contributed by atoms with Gasteiger partial charge < -0.3 is 5.32 Å². The number of hydrogen-bond acceptors (Lipinski definition) is 9. The lowest BCUT2D eigenvalue weighted by molar-refractivity contribution is -0.384. The molecule has 3 N–H and O–H groups in total. The summed E-state index contributed by atoms with van der Waals surface area (Å²) < 4.78 is 13.3. The fraction of sp³-hybridized carbons (Fsp3) is 0. The van der Waals surface area contributed by atoms with E-state index in [1.54, 1.807) is 0 Å². The van der Waals surface area contributed by atoms with Crippen molar-refractivity contribution in [2.75, 3.05) is 10.7 Å². The number of anilines is 3. The largest absolute Gasteiger partial charge is 0.355 e. The van der Waals surface area contributed by atoms with Crippen LogP contribution >= 0.6 is 23.2 Å². The molecule has 3 rings (SSSR count). The molecule has 0 radical (unpaired) electrons. The Bertz CT molecular complexity index is 1240. The molecule has 12 nitrogen and oxygen atoms in total. The predicted molar refractivity (Wildman–Crippen MR) is 113 cm³/mol. The van der Waals surface area contributed by atoms with Crippen LogP contribution in [0.15, 0.2) is 42.7 Å². The summed E-state index contributed by atoms with van der Waals surface area (Å²) in [5.41, 5.74) is 3.38. The van der Waals surface area contributed by atoms with Crippen LogP contribution in [-0.2, 0) is 0 Å². The second-order valence-electron chi connectivity index (χ2n) is 5.93. The van der Waals surface area contributed by atoms with Gasteiger partial charge in [-0.25, -0.2) is 14.4 Å². The van der Waals surface area contributed by atoms with E-state index >= 15 is 0 Å². The maximum absolute atomic E-state index is 13.3. The molecule has 1 amide bonds. The van der Waals surface area contributed by atoms with Crippen molar-refractivity contribution in [2.45, 2.75) is 0 Å². The zero-order chi connectivity index (χ0) is 23.4. The Balaban J connectivity index is 1.84. The third-order valence-corrected chi connectivity index (χ3v) is 4.50. The van der Waals surface area contributed by atoms with E-state index in [2.05, 4.69) is 26.1 Å². The quantitative estimate of drug-likeness (QED) is 0.330. The van der Waals surface area contributed by atoms with Gasteiger partial charge in [0.05, 0.1) is 14.9 Å². The molecule has 15 heteroatoms. The number of carbonyl (C=O) groups excluding carboxylic acids is 1. The second-order valence-corrected chi connectivity index (χ2v) is 6.75. The number of nitro groups is 2. The topological polar surface area (TPSA) is 165 Å². The fourth-order valence-electron chi connectivity index (χ4n) is 2.43. The van der Waals surface area contributed by atoms with Gasteiger partial charge in [-0.3, -0.25) is 35.9 Å². The molecule has 3 aromatic rings. The predicted octanol–water partition coefficient (Wildman–Crippen LogP) is 4.24. The summed E-state index contributed by atoms with van der Waals surface area (Å²) in [5, 5.41) is 24.8. The Morgan fingerprint density at radius 1 is 0.969 bits per heavy atom. The van der Waals surface area contributed by atoms with Crippen molar-refractivity contribution in [3.8, 4) is 0 Å². The Morgan fingerprint density at radius 2 is 1.69 bits per heavy atom. The zero-order valence-electron chi connectivity index (χ0n) is 15.5. The van der Waals surface area contributed by atoms with E-state index in [-0.39, 0.29) is 27.1 Å². The summed E-state index contributed by atoms with van der Waals surface area (Å²) in [7, 11) is 0. The van der Waals surface area contributed by atoms with Crippen molar-refractivity contribution < 1.29 is 19.0 Å². The third kappa shape index (κ3) is 4.96. The van der Waals surface area contributed by atoms with Gasteiger partial charge in [0.2, 0.25) is 11.6 Å². The molecule has 32 heavy (non-hydrogen) atoms. The van der Waals surface area contributed by atoms with Crippen LogP contribution in [0.5, 0.6) is 0 Å². The smallest absolute Gasteiger partial charge is 0.334 e. The lowest BCUT2D eigenvalue weighted by atomic mass is 10.2. The Morgan fingerprint density at radius 3 is 2.34 bits per heavy atom. The van der Waals surface area contributed by atoms with Crippen LogP contribution in [0.1, 0.15) is 10.4 Å². The van der Waals surface area contributed by atoms with Crippen molar-refractivity contribution in [1.82, 2.24) is 15.4 Å². The highest BCUT2D eigenvalue weighted by Crippen LogP contribution is 2.32. The zero-order valence-corrected chi connectivity index (χ0v) is 17.0. The van der Waals surface area contributed by atoms with Crippen LogP contribution in [0.2, 0.25) is 10.0 Å². The number of nitro benzene ring substituents is 1. The number of hydrazine groups is 1. The summed E-state index contributed by atoms with van der Waals surface area (Å²) >= 11 is 11.4. The highest BCUT2D eigenvalue weighted by molar-refractivity contribution is 6.32. The van der Waals surface area contributed by atoms with Gasteiger partial charge in [0.25, 0.3) is 11.6 Å². The van der Waals surface area contributed by atoms with E-state index in [0.717, 1.165) is 24.5 Å². The molecule has 2 aromatic carbocycles. The normalized spacial score (nSPS) is 10.3. The van der Waals surface area contributed by atoms with E-state index in [4.69, 9.17) is 23.2 Å². The minimum absolute atomic E-state index is 0.135. The molecule has 0 saturated heterocycles. The summed E-state index contributed by atoms with van der Waals surface area (Å²) in [6, 6.07) is 6.88. The van der Waals surface area contributed by atoms with Crippen molar-refractivity contribution in [1.29, 1.82) is 0 Å². The first-order valence-corrected chi connectivity index (χ1v) is 9.14. The van der Waals surface area contributed by atoms with Gasteiger partial charge in [0.15, 0.2) is 0 Å². The van der Waals surface area contributed by atoms with Crippen molar-refractivity contribution in [3.63, 3.8) is 0 Å². The fourth-order valence-corrected chi connectivity index (χ4v) is 2.79. The molecule has 0 aliphatic heterocycles. The number of nitrogens with zero attached hydrogens (tertiary/aromatic N) is 4. The van der Waals surface area contributed by atoms with Crippen LogP contribution < -0.4 is 16.2 Å². The molecule has 0 bridgehead atoms. The number of benzene rings is 2. The highest BCUT2D eigenvalue weighted by Gasteiger charge is 2.24. The van der Waals surface area contributed by atoms with Gasteiger partial charge in [-0.1, -0.05) is 23.2 Å². The van der Waals surface area contributed by atoms with Crippen LogP contribution in [0.3, 0.4) is 0 Å². The monoisotopic (exact) mass is 481 g/mol. The van der Waals surface area contributed by atoms with Crippen LogP contribution in [0.4, 0.5) is 33.1 Å². The average molecular weight is 482 g/mol. The van der Waals surface area contributed by atoms with Gasteiger partial charge in [-0.2, -0.15) is 0 Å². The maximum Gasteiger partial charge on any atom is 0.355 e. The Kier molecular flexibility index (Phi) is 6.61. The van der Waals surface area contributed by atoms with Gasteiger partial charge in [-0.15, -0.1) is 0 Å². The van der Waals surface area contributed by atoms with Crippen molar-refractivity contribution in [3.05, 3.63) is 84.4 Å². The Labute approximate surface area is 187 Å². The summed E-state index contributed by atoms with van der Waals surface area (Å²) in [6.45, 7) is 0. The van der Waals surface area contributed by atoms with E-state index in [1.807, 2.05) is 0 Å². The number of aromatic nitrogens is 2. The summed E-state index contributed by atoms with van der Waals surface area (Å²) in [5.74, 6) is -2.19. The van der Waals surface area contributed by atoms with Gasteiger partial charge in [0.1, 0.15) is 17.2 Å². The molecular weight excluding hydrogens is 472 g/mol. The van der Waals surface area contributed by atoms with Gasteiger partial charge in [-0.05, 0) is 30.3 Å². The molecule has 0 unspecified atom stereocenters. The number of rotatable bonds is 7. The first-order valence-electron chi connectivity index (χ1n) is 8.39. The standard InChI is InChI=1S/C17H10Cl2FN7O5/c18-10-3-1-8(5-13(10)26(29)30)17(28)25-24-16-14(27(31)32)15(21-7-22-16)23-9-2-4-12(20)11(19)6-9/h1-7H,(H,25,28)(H2,21,22,23,24). The summed E-state index contributed by atoms with van der Waals surface area (Å²) in [6.07, 6.45) is 0.974. The molecule has 0 atom stereocenters. The van der Waals surface area contributed by atoms with Crippen LogP contribution in [0.25, 0.3) is 0 Å². The lowest BCUT2D eigenvalue weighted by Gasteiger charge is -2.11.